The minimum atomic E-state index is 0.118. The van der Waals surface area contributed by atoms with E-state index < -0.39 is 0 Å². The van der Waals surface area contributed by atoms with Crippen molar-refractivity contribution in [2.45, 2.75) is 0 Å². The summed E-state index contributed by atoms with van der Waals surface area (Å²) in [5.41, 5.74) is 3.64. The number of hydrogen-bond acceptors (Lipinski definition) is 2. The van der Waals surface area contributed by atoms with E-state index in [0.29, 0.717) is 0 Å². The molecule has 0 radical (unpaired) electrons. The Morgan fingerprint density at radius 2 is 1.35 bits per heavy atom. The molecule has 0 aliphatic carbocycles. The maximum absolute atomic E-state index is 3.58. The molecule has 0 unspecified atom stereocenters. The Morgan fingerprint density at radius 3 is 1.95 bits per heavy atom. The summed E-state index contributed by atoms with van der Waals surface area (Å²) in [7, 11) is 0. The van der Waals surface area contributed by atoms with Crippen LogP contribution < -0.4 is 15.9 Å². The van der Waals surface area contributed by atoms with E-state index in [4.69, 9.17) is 0 Å². The van der Waals surface area contributed by atoms with Gasteiger partial charge in [-0.15, -0.1) is 0 Å². The van der Waals surface area contributed by atoms with Gasteiger partial charge >= 0.3 is 6.98 Å². The van der Waals surface area contributed by atoms with Gasteiger partial charge in [0, 0.05) is 20.3 Å². The standard InChI is InChI=1S/C16H12BIN2/c18-13-9-7-12(8-10-13)17-19-14-5-1-3-11-4-2-6-15(20-17)16(11)14/h1-10,19-20H. The molecule has 4 heteroatoms. The second kappa shape index (κ2) is 4.70. The van der Waals surface area contributed by atoms with E-state index in [1.165, 1.54) is 31.2 Å². The van der Waals surface area contributed by atoms with E-state index >= 15 is 0 Å². The Kier molecular flexibility index (Phi) is 2.84. The summed E-state index contributed by atoms with van der Waals surface area (Å²) in [4.78, 5) is 0. The fourth-order valence-corrected chi connectivity index (χ4v) is 3.11. The summed E-state index contributed by atoms with van der Waals surface area (Å²) in [6.07, 6.45) is 0. The number of nitrogens with one attached hydrogen (secondary N) is 2. The fourth-order valence-electron chi connectivity index (χ4n) is 2.75. The summed E-state index contributed by atoms with van der Waals surface area (Å²) in [5.74, 6) is 0. The van der Waals surface area contributed by atoms with Crippen molar-refractivity contribution in [3.8, 4) is 0 Å². The van der Waals surface area contributed by atoms with Gasteiger partial charge < -0.3 is 10.5 Å². The first-order valence-electron chi connectivity index (χ1n) is 6.61. The van der Waals surface area contributed by atoms with Gasteiger partial charge in [-0.05, 0) is 57.7 Å². The Bertz CT molecular complexity index is 745. The van der Waals surface area contributed by atoms with Crippen LogP contribution in [-0.2, 0) is 0 Å². The average molecular weight is 370 g/mol. The Labute approximate surface area is 131 Å². The molecule has 0 aromatic heterocycles. The van der Waals surface area contributed by atoms with Gasteiger partial charge in [-0.2, -0.15) is 0 Å². The van der Waals surface area contributed by atoms with Crippen molar-refractivity contribution in [3.63, 3.8) is 0 Å². The monoisotopic (exact) mass is 370 g/mol. The Hall–Kier alpha value is -1.69. The molecule has 0 fully saturated rings. The van der Waals surface area contributed by atoms with E-state index in [1.54, 1.807) is 0 Å². The minimum absolute atomic E-state index is 0.118. The van der Waals surface area contributed by atoms with E-state index in [-0.39, 0.29) is 6.98 Å². The van der Waals surface area contributed by atoms with Crippen LogP contribution in [0, 0.1) is 3.57 Å². The lowest BCUT2D eigenvalue weighted by Crippen LogP contribution is -2.47. The minimum Gasteiger partial charge on any atom is -0.405 e. The molecule has 0 spiro atoms. The van der Waals surface area contributed by atoms with Crippen molar-refractivity contribution in [1.29, 1.82) is 0 Å². The van der Waals surface area contributed by atoms with Gasteiger partial charge in [-0.1, -0.05) is 36.4 Å². The molecule has 20 heavy (non-hydrogen) atoms. The Morgan fingerprint density at radius 1 is 0.750 bits per heavy atom. The SMILES string of the molecule is Ic1ccc(B2Nc3cccc4cccc(c34)N2)cc1. The van der Waals surface area contributed by atoms with Crippen LogP contribution in [0.4, 0.5) is 11.4 Å². The zero-order valence-corrected chi connectivity index (χ0v) is 12.9. The predicted octanol–water partition coefficient (Wildman–Crippen LogP) is 3.68. The molecule has 2 N–H and O–H groups in total. The Balaban J connectivity index is 1.81. The molecule has 0 saturated carbocycles. The molecule has 1 heterocycles. The van der Waals surface area contributed by atoms with E-state index in [0.717, 1.165) is 0 Å². The predicted molar refractivity (Wildman–Crippen MR) is 95.7 cm³/mol. The maximum atomic E-state index is 3.58. The largest absolute Gasteiger partial charge is 0.406 e. The molecule has 1 aliphatic heterocycles. The first-order valence-corrected chi connectivity index (χ1v) is 7.69. The lowest BCUT2D eigenvalue weighted by molar-refractivity contribution is 1.59. The molecule has 4 rings (SSSR count). The molecule has 3 aromatic rings. The quantitative estimate of drug-likeness (QED) is 0.505. The zero-order chi connectivity index (χ0) is 13.5. The third kappa shape index (κ3) is 1.95. The van der Waals surface area contributed by atoms with E-state index in [9.17, 15) is 0 Å². The van der Waals surface area contributed by atoms with Crippen LogP contribution in [0.3, 0.4) is 0 Å². The van der Waals surface area contributed by atoms with Crippen LogP contribution >= 0.6 is 22.6 Å². The van der Waals surface area contributed by atoms with Gasteiger partial charge in [0.25, 0.3) is 0 Å². The third-order valence-corrected chi connectivity index (χ3v) is 4.43. The summed E-state index contributed by atoms with van der Waals surface area (Å²) in [5, 5.41) is 9.71. The lowest BCUT2D eigenvalue weighted by atomic mass is 9.66. The topological polar surface area (TPSA) is 24.1 Å². The van der Waals surface area contributed by atoms with Crippen LogP contribution in [-0.4, -0.2) is 6.98 Å². The first kappa shape index (κ1) is 12.1. The lowest BCUT2D eigenvalue weighted by Gasteiger charge is -2.26. The van der Waals surface area contributed by atoms with E-state index in [1.807, 2.05) is 0 Å². The van der Waals surface area contributed by atoms with Gasteiger partial charge in [-0.25, -0.2) is 0 Å². The summed E-state index contributed by atoms with van der Waals surface area (Å²) < 4.78 is 1.25. The van der Waals surface area contributed by atoms with Gasteiger partial charge in [0.2, 0.25) is 0 Å². The second-order valence-corrected chi connectivity index (χ2v) is 6.23. The first-order chi connectivity index (χ1) is 9.81. The van der Waals surface area contributed by atoms with Crippen molar-refractivity contribution in [3.05, 3.63) is 64.2 Å². The van der Waals surface area contributed by atoms with Crippen molar-refractivity contribution in [2.24, 2.45) is 0 Å². The van der Waals surface area contributed by atoms with Crippen LogP contribution in [0.1, 0.15) is 0 Å². The van der Waals surface area contributed by atoms with Crippen LogP contribution in [0.5, 0.6) is 0 Å². The molecule has 3 aromatic carbocycles. The molecule has 1 aliphatic rings. The molecule has 2 nitrogen and oxygen atoms in total. The highest BCUT2D eigenvalue weighted by Gasteiger charge is 2.24. The highest BCUT2D eigenvalue weighted by atomic mass is 127. The average Bonchev–Trinajstić information content (AvgIpc) is 2.48. The normalized spacial score (nSPS) is 12.9. The van der Waals surface area contributed by atoms with Crippen molar-refractivity contribution in [1.82, 2.24) is 0 Å². The number of anilines is 2. The van der Waals surface area contributed by atoms with Crippen LogP contribution in [0.25, 0.3) is 10.8 Å². The highest BCUT2D eigenvalue weighted by molar-refractivity contribution is 14.1. The smallest absolute Gasteiger partial charge is 0.405 e. The second-order valence-electron chi connectivity index (χ2n) is 4.98. The van der Waals surface area contributed by atoms with Crippen LogP contribution in [0.15, 0.2) is 60.7 Å². The molecule has 0 saturated heterocycles. The van der Waals surface area contributed by atoms with Crippen molar-refractivity contribution in [2.75, 3.05) is 10.5 Å². The number of hydrogen-bond donors (Lipinski definition) is 2. The van der Waals surface area contributed by atoms with Crippen LogP contribution in [0.2, 0.25) is 0 Å². The molecular weight excluding hydrogens is 358 g/mol. The number of rotatable bonds is 1. The highest BCUT2D eigenvalue weighted by Crippen LogP contribution is 2.33. The zero-order valence-electron chi connectivity index (χ0n) is 10.7. The van der Waals surface area contributed by atoms with Crippen molar-refractivity contribution < 1.29 is 0 Å². The van der Waals surface area contributed by atoms with Crippen molar-refractivity contribution >= 4 is 57.2 Å². The molecule has 0 bridgehead atoms. The number of halogens is 1. The molecule has 0 atom stereocenters. The van der Waals surface area contributed by atoms with Gasteiger partial charge in [-0.3, -0.25) is 0 Å². The van der Waals surface area contributed by atoms with E-state index in [2.05, 4.69) is 93.7 Å². The third-order valence-electron chi connectivity index (χ3n) is 3.71. The van der Waals surface area contributed by atoms with Gasteiger partial charge in [0.1, 0.15) is 0 Å². The summed E-state index contributed by atoms with van der Waals surface area (Å²) >= 11 is 2.33. The van der Waals surface area contributed by atoms with Gasteiger partial charge in [0.15, 0.2) is 0 Å². The molecule has 0 amide bonds. The summed E-state index contributed by atoms with van der Waals surface area (Å²) in [6.45, 7) is 0.118. The number of benzene rings is 3. The summed E-state index contributed by atoms with van der Waals surface area (Å²) in [6, 6.07) is 21.4. The maximum Gasteiger partial charge on any atom is 0.406 e. The molecule has 96 valence electrons. The fraction of sp³-hybridized carbons (Fsp3) is 0. The molecular formula is C16H12BIN2. The van der Waals surface area contributed by atoms with Gasteiger partial charge in [0.05, 0.1) is 0 Å².